The highest BCUT2D eigenvalue weighted by Gasteiger charge is 2.10. The zero-order chi connectivity index (χ0) is 13.0. The van der Waals surface area contributed by atoms with Gasteiger partial charge in [-0.2, -0.15) is 5.10 Å². The van der Waals surface area contributed by atoms with Gasteiger partial charge in [0, 0.05) is 19.8 Å². The maximum atomic E-state index is 12.0. The molecule has 18 heavy (non-hydrogen) atoms. The van der Waals surface area contributed by atoms with E-state index in [2.05, 4.69) is 20.7 Å². The zero-order valence-corrected chi connectivity index (χ0v) is 10.3. The molecule has 1 aromatic heterocycles. The van der Waals surface area contributed by atoms with Crippen LogP contribution in [0.15, 0.2) is 30.6 Å². The van der Waals surface area contributed by atoms with Crippen LogP contribution >= 0.6 is 0 Å². The maximum Gasteiger partial charge on any atom is 0.253 e. The Hall–Kier alpha value is -2.37. The maximum absolute atomic E-state index is 12.0. The second-order valence-electron chi connectivity index (χ2n) is 3.81. The van der Waals surface area contributed by atoms with E-state index < -0.39 is 0 Å². The van der Waals surface area contributed by atoms with Crippen molar-refractivity contribution in [3.05, 3.63) is 42.0 Å². The summed E-state index contributed by atoms with van der Waals surface area (Å²) in [4.78, 5) is 16.0. The fourth-order valence-electron chi connectivity index (χ4n) is 1.62. The number of aryl methyl sites for hydroxylation is 1. The summed E-state index contributed by atoms with van der Waals surface area (Å²) in [6.45, 7) is 0.317. The highest BCUT2D eigenvalue weighted by atomic mass is 16.1. The molecule has 2 N–H and O–H groups in total. The van der Waals surface area contributed by atoms with E-state index in [0.717, 1.165) is 5.69 Å². The number of carbonyl (C=O) groups is 1. The molecule has 2 aromatic rings. The van der Waals surface area contributed by atoms with Gasteiger partial charge in [0.2, 0.25) is 0 Å². The Kier molecular flexibility index (Phi) is 3.57. The average molecular weight is 245 g/mol. The van der Waals surface area contributed by atoms with E-state index in [1.54, 1.807) is 31.2 Å². The minimum Gasteiger partial charge on any atom is -0.387 e. The molecule has 6 heteroatoms. The van der Waals surface area contributed by atoms with Crippen LogP contribution in [0.3, 0.4) is 0 Å². The first-order valence-electron chi connectivity index (χ1n) is 5.60. The van der Waals surface area contributed by atoms with Crippen molar-refractivity contribution in [2.75, 3.05) is 12.4 Å². The molecule has 0 radical (unpaired) electrons. The van der Waals surface area contributed by atoms with Gasteiger partial charge in [-0.05, 0) is 12.1 Å². The minimum absolute atomic E-state index is 0.146. The fraction of sp³-hybridized carbons (Fsp3) is 0.250. The van der Waals surface area contributed by atoms with Gasteiger partial charge in [-0.25, -0.2) is 4.98 Å². The van der Waals surface area contributed by atoms with Crippen LogP contribution in [-0.4, -0.2) is 27.7 Å². The van der Waals surface area contributed by atoms with Crippen LogP contribution in [-0.2, 0) is 13.6 Å². The Morgan fingerprint density at radius 2 is 2.17 bits per heavy atom. The minimum atomic E-state index is -0.146. The van der Waals surface area contributed by atoms with E-state index in [0.29, 0.717) is 17.9 Å². The van der Waals surface area contributed by atoms with Gasteiger partial charge in [-0.1, -0.05) is 12.1 Å². The molecule has 94 valence electrons. The Balaban J connectivity index is 2.03. The molecule has 6 nitrogen and oxygen atoms in total. The Morgan fingerprint density at radius 1 is 1.39 bits per heavy atom. The predicted molar refractivity (Wildman–Crippen MR) is 68.2 cm³/mol. The number of rotatable bonds is 4. The molecule has 0 aliphatic heterocycles. The van der Waals surface area contributed by atoms with Gasteiger partial charge in [0.15, 0.2) is 5.82 Å². The lowest BCUT2D eigenvalue weighted by molar-refractivity contribution is 0.0950. The molecule has 0 unspecified atom stereocenters. The first kappa shape index (κ1) is 12.1. The number of aromatic nitrogens is 3. The van der Waals surface area contributed by atoms with Crippen molar-refractivity contribution >= 4 is 11.6 Å². The van der Waals surface area contributed by atoms with Gasteiger partial charge in [0.05, 0.1) is 12.1 Å². The normalized spacial score (nSPS) is 10.1. The molecule has 0 bridgehead atoms. The highest BCUT2D eigenvalue weighted by molar-refractivity contribution is 5.99. The van der Waals surface area contributed by atoms with Crippen LogP contribution in [0, 0.1) is 0 Å². The fourth-order valence-corrected chi connectivity index (χ4v) is 1.62. The largest absolute Gasteiger partial charge is 0.387 e. The van der Waals surface area contributed by atoms with Crippen LogP contribution in [0.4, 0.5) is 5.69 Å². The molecular formula is C12H15N5O. The number of carbonyl (C=O) groups excluding carboxylic acids is 1. The Labute approximate surface area is 105 Å². The van der Waals surface area contributed by atoms with E-state index in [4.69, 9.17) is 0 Å². The van der Waals surface area contributed by atoms with Crippen molar-refractivity contribution in [3.63, 3.8) is 0 Å². The highest BCUT2D eigenvalue weighted by Crippen LogP contribution is 2.13. The molecule has 0 aliphatic rings. The molecule has 0 atom stereocenters. The summed E-state index contributed by atoms with van der Waals surface area (Å²) in [5.41, 5.74) is 1.40. The number of hydrogen-bond donors (Lipinski definition) is 2. The summed E-state index contributed by atoms with van der Waals surface area (Å²) < 4.78 is 1.60. The third kappa shape index (κ3) is 2.65. The molecule has 0 saturated carbocycles. The number of nitrogens with zero attached hydrogens (tertiary/aromatic N) is 3. The topological polar surface area (TPSA) is 71.8 Å². The van der Waals surface area contributed by atoms with E-state index in [-0.39, 0.29) is 5.91 Å². The third-order valence-electron chi connectivity index (χ3n) is 2.50. The summed E-state index contributed by atoms with van der Waals surface area (Å²) in [6, 6.07) is 7.33. The lowest BCUT2D eigenvalue weighted by Crippen LogP contribution is -2.24. The smallest absolute Gasteiger partial charge is 0.253 e. The standard InChI is InChI=1S/C12H15N5O/c1-13-10-6-4-3-5-9(10)12(18)14-7-11-15-8-17(2)16-11/h3-6,8,13H,7H2,1-2H3,(H,14,18). The van der Waals surface area contributed by atoms with Gasteiger partial charge in [0.1, 0.15) is 6.33 Å². The van der Waals surface area contributed by atoms with Crippen molar-refractivity contribution in [2.45, 2.75) is 6.54 Å². The first-order chi connectivity index (χ1) is 8.70. The van der Waals surface area contributed by atoms with E-state index in [1.807, 2.05) is 18.2 Å². The third-order valence-corrected chi connectivity index (χ3v) is 2.50. The van der Waals surface area contributed by atoms with Crippen molar-refractivity contribution in [1.82, 2.24) is 20.1 Å². The Bertz CT molecular complexity index is 549. The molecule has 0 spiro atoms. The Morgan fingerprint density at radius 3 is 2.83 bits per heavy atom. The quantitative estimate of drug-likeness (QED) is 0.835. The first-order valence-corrected chi connectivity index (χ1v) is 5.60. The number of nitrogens with one attached hydrogen (secondary N) is 2. The van der Waals surface area contributed by atoms with Crippen LogP contribution in [0.5, 0.6) is 0 Å². The average Bonchev–Trinajstić information content (AvgIpc) is 2.81. The summed E-state index contributed by atoms with van der Waals surface area (Å²) in [6.07, 6.45) is 1.60. The molecule has 0 fully saturated rings. The SMILES string of the molecule is CNc1ccccc1C(=O)NCc1ncn(C)n1. The molecule has 1 aromatic carbocycles. The van der Waals surface area contributed by atoms with Gasteiger partial charge in [-0.3, -0.25) is 9.48 Å². The second kappa shape index (κ2) is 5.31. The number of amides is 1. The molecule has 2 rings (SSSR count). The molecule has 0 saturated heterocycles. The van der Waals surface area contributed by atoms with Crippen LogP contribution in [0.2, 0.25) is 0 Å². The summed E-state index contributed by atoms with van der Waals surface area (Å²) in [7, 11) is 3.57. The number of hydrogen-bond acceptors (Lipinski definition) is 4. The summed E-state index contributed by atoms with van der Waals surface area (Å²) in [5.74, 6) is 0.445. The summed E-state index contributed by atoms with van der Waals surface area (Å²) >= 11 is 0. The van der Waals surface area contributed by atoms with Crippen molar-refractivity contribution in [2.24, 2.45) is 7.05 Å². The van der Waals surface area contributed by atoms with E-state index >= 15 is 0 Å². The van der Waals surface area contributed by atoms with Crippen LogP contribution < -0.4 is 10.6 Å². The monoisotopic (exact) mass is 245 g/mol. The van der Waals surface area contributed by atoms with E-state index in [9.17, 15) is 4.79 Å². The van der Waals surface area contributed by atoms with Crippen LogP contribution in [0.25, 0.3) is 0 Å². The molecule has 1 amide bonds. The zero-order valence-electron chi connectivity index (χ0n) is 10.3. The lowest BCUT2D eigenvalue weighted by atomic mass is 10.1. The van der Waals surface area contributed by atoms with Crippen molar-refractivity contribution < 1.29 is 4.79 Å². The van der Waals surface area contributed by atoms with Gasteiger partial charge >= 0.3 is 0 Å². The molecule has 0 aliphatic carbocycles. The predicted octanol–water partition coefficient (Wildman–Crippen LogP) is 0.787. The van der Waals surface area contributed by atoms with Crippen molar-refractivity contribution in [3.8, 4) is 0 Å². The lowest BCUT2D eigenvalue weighted by Gasteiger charge is -2.08. The molecular weight excluding hydrogens is 230 g/mol. The van der Waals surface area contributed by atoms with E-state index in [1.165, 1.54) is 0 Å². The van der Waals surface area contributed by atoms with Gasteiger partial charge < -0.3 is 10.6 Å². The van der Waals surface area contributed by atoms with Gasteiger partial charge in [-0.15, -0.1) is 0 Å². The number of benzene rings is 1. The summed E-state index contributed by atoms with van der Waals surface area (Å²) in [5, 5.41) is 9.86. The number of para-hydroxylation sites is 1. The number of anilines is 1. The van der Waals surface area contributed by atoms with Crippen molar-refractivity contribution in [1.29, 1.82) is 0 Å². The molecule has 1 heterocycles. The van der Waals surface area contributed by atoms with Crippen LogP contribution in [0.1, 0.15) is 16.2 Å². The van der Waals surface area contributed by atoms with Gasteiger partial charge in [0.25, 0.3) is 5.91 Å². The second-order valence-corrected chi connectivity index (χ2v) is 3.81.